The Morgan fingerprint density at radius 2 is 2.12 bits per heavy atom. The second kappa shape index (κ2) is 5.54. The zero-order valence-electron chi connectivity index (χ0n) is 9.36. The van der Waals surface area contributed by atoms with Crippen LogP contribution in [-0.2, 0) is 9.53 Å². The van der Waals surface area contributed by atoms with Gasteiger partial charge in [-0.1, -0.05) is 11.6 Å². The van der Waals surface area contributed by atoms with E-state index in [-0.39, 0.29) is 10.6 Å². The van der Waals surface area contributed by atoms with Crippen molar-refractivity contribution in [3.8, 4) is 0 Å². The molecular formula is C11H12ClNO4. The van der Waals surface area contributed by atoms with Gasteiger partial charge in [-0.3, -0.25) is 4.79 Å². The molecule has 0 saturated carbocycles. The Kier molecular flexibility index (Phi) is 4.34. The molecule has 17 heavy (non-hydrogen) atoms. The van der Waals surface area contributed by atoms with Crippen molar-refractivity contribution in [2.45, 2.75) is 13.0 Å². The first-order valence-corrected chi connectivity index (χ1v) is 5.20. The highest BCUT2D eigenvalue weighted by Crippen LogP contribution is 2.21. The summed E-state index contributed by atoms with van der Waals surface area (Å²) in [6.07, 6.45) is 0. The van der Waals surface area contributed by atoms with Crippen LogP contribution in [0.3, 0.4) is 0 Å². The Hall–Kier alpha value is -1.75. The van der Waals surface area contributed by atoms with Crippen molar-refractivity contribution in [3.05, 3.63) is 28.8 Å². The van der Waals surface area contributed by atoms with Gasteiger partial charge in [0.15, 0.2) is 0 Å². The lowest BCUT2D eigenvalue weighted by molar-refractivity contribution is -0.137. The lowest BCUT2D eigenvalue weighted by atomic mass is 10.2. The van der Waals surface area contributed by atoms with Crippen LogP contribution in [0.25, 0.3) is 0 Å². The molecule has 0 heterocycles. The number of carbonyl (C=O) groups is 2. The third-order valence-corrected chi connectivity index (χ3v) is 2.45. The molecule has 0 aliphatic carbocycles. The fourth-order valence-electron chi connectivity index (χ4n) is 1.19. The summed E-state index contributed by atoms with van der Waals surface area (Å²) in [5, 5.41) is 11.7. The van der Waals surface area contributed by atoms with Crippen molar-refractivity contribution in [3.63, 3.8) is 0 Å². The Morgan fingerprint density at radius 3 is 2.65 bits per heavy atom. The monoisotopic (exact) mass is 257 g/mol. The highest BCUT2D eigenvalue weighted by molar-refractivity contribution is 6.33. The topological polar surface area (TPSA) is 75.6 Å². The van der Waals surface area contributed by atoms with Gasteiger partial charge >= 0.3 is 11.9 Å². The molecule has 0 fully saturated rings. The number of carbonyl (C=O) groups excluding carboxylic acids is 1. The van der Waals surface area contributed by atoms with Crippen molar-refractivity contribution < 1.29 is 19.4 Å². The normalized spacial score (nSPS) is 11.7. The molecule has 1 rings (SSSR count). The minimum Gasteiger partial charge on any atom is -0.480 e. The van der Waals surface area contributed by atoms with Crippen LogP contribution >= 0.6 is 11.6 Å². The molecule has 2 N–H and O–H groups in total. The van der Waals surface area contributed by atoms with Gasteiger partial charge in [0.1, 0.15) is 6.04 Å². The number of hydrogen-bond acceptors (Lipinski definition) is 4. The molecule has 0 radical (unpaired) electrons. The lowest BCUT2D eigenvalue weighted by Crippen LogP contribution is -2.25. The molecule has 1 aromatic carbocycles. The average molecular weight is 258 g/mol. The maximum absolute atomic E-state index is 11.4. The summed E-state index contributed by atoms with van der Waals surface area (Å²) in [4.78, 5) is 22.0. The molecular weight excluding hydrogens is 246 g/mol. The van der Waals surface area contributed by atoms with E-state index >= 15 is 0 Å². The standard InChI is InChI=1S/C11H12ClNO4/c1-6(10(14)15)13-7-3-4-9(12)8(5-7)11(16)17-2/h3-6,13H,1-2H3,(H,14,15). The van der Waals surface area contributed by atoms with Crippen molar-refractivity contribution >= 4 is 29.2 Å². The lowest BCUT2D eigenvalue weighted by Gasteiger charge is -2.12. The van der Waals surface area contributed by atoms with Gasteiger partial charge in [0.05, 0.1) is 17.7 Å². The Balaban J connectivity index is 2.96. The first-order valence-electron chi connectivity index (χ1n) is 4.83. The molecule has 1 unspecified atom stereocenters. The molecule has 0 spiro atoms. The molecule has 92 valence electrons. The quantitative estimate of drug-likeness (QED) is 0.807. The van der Waals surface area contributed by atoms with Gasteiger partial charge in [-0.15, -0.1) is 0 Å². The number of ether oxygens (including phenoxy) is 1. The predicted octanol–water partition coefficient (Wildman–Crippen LogP) is 2.01. The maximum Gasteiger partial charge on any atom is 0.339 e. The largest absolute Gasteiger partial charge is 0.480 e. The zero-order valence-corrected chi connectivity index (χ0v) is 10.1. The van der Waals surface area contributed by atoms with Gasteiger partial charge in [-0.25, -0.2) is 4.79 Å². The third kappa shape index (κ3) is 3.35. The Morgan fingerprint density at radius 1 is 1.47 bits per heavy atom. The summed E-state index contributed by atoms with van der Waals surface area (Å²) in [7, 11) is 1.25. The number of esters is 1. The van der Waals surface area contributed by atoms with Crippen LogP contribution in [0.1, 0.15) is 17.3 Å². The molecule has 6 heteroatoms. The van der Waals surface area contributed by atoms with Crippen molar-refractivity contribution in [1.82, 2.24) is 0 Å². The summed E-state index contributed by atoms with van der Waals surface area (Å²) in [5.41, 5.74) is 0.682. The van der Waals surface area contributed by atoms with Crippen molar-refractivity contribution in [2.24, 2.45) is 0 Å². The van der Waals surface area contributed by atoms with Gasteiger partial charge in [0.2, 0.25) is 0 Å². The number of hydrogen-bond donors (Lipinski definition) is 2. The van der Waals surface area contributed by atoms with Crippen LogP contribution in [0.5, 0.6) is 0 Å². The van der Waals surface area contributed by atoms with Crippen LogP contribution in [0.2, 0.25) is 5.02 Å². The second-order valence-electron chi connectivity index (χ2n) is 3.39. The Labute approximate surface area is 103 Å². The van der Waals surface area contributed by atoms with E-state index in [1.807, 2.05) is 0 Å². The van der Waals surface area contributed by atoms with E-state index < -0.39 is 18.0 Å². The highest BCUT2D eigenvalue weighted by atomic mass is 35.5. The first-order chi connectivity index (χ1) is 7.95. The number of aliphatic carboxylic acids is 1. The van der Waals surface area contributed by atoms with E-state index in [4.69, 9.17) is 16.7 Å². The van der Waals surface area contributed by atoms with E-state index in [0.29, 0.717) is 5.69 Å². The molecule has 0 amide bonds. The van der Waals surface area contributed by atoms with Gasteiger partial charge in [-0.2, -0.15) is 0 Å². The number of halogens is 1. The minimum atomic E-state index is -0.987. The molecule has 0 aromatic heterocycles. The average Bonchev–Trinajstić information content (AvgIpc) is 2.30. The molecule has 1 atom stereocenters. The molecule has 1 aromatic rings. The van der Waals surface area contributed by atoms with Crippen LogP contribution in [0.4, 0.5) is 5.69 Å². The van der Waals surface area contributed by atoms with E-state index in [1.165, 1.54) is 26.2 Å². The van der Waals surface area contributed by atoms with Gasteiger partial charge in [0, 0.05) is 5.69 Å². The molecule has 0 aliphatic rings. The second-order valence-corrected chi connectivity index (χ2v) is 3.80. The van der Waals surface area contributed by atoms with E-state index in [9.17, 15) is 9.59 Å². The first kappa shape index (κ1) is 13.3. The zero-order chi connectivity index (χ0) is 13.0. The number of benzene rings is 1. The summed E-state index contributed by atoms with van der Waals surface area (Å²) >= 11 is 5.82. The molecule has 5 nitrogen and oxygen atoms in total. The van der Waals surface area contributed by atoms with Crippen molar-refractivity contribution in [2.75, 3.05) is 12.4 Å². The highest BCUT2D eigenvalue weighted by Gasteiger charge is 2.14. The minimum absolute atomic E-state index is 0.191. The molecule has 0 saturated heterocycles. The van der Waals surface area contributed by atoms with E-state index in [1.54, 1.807) is 6.07 Å². The summed E-state index contributed by atoms with van der Waals surface area (Å²) in [6.45, 7) is 1.49. The maximum atomic E-state index is 11.4. The number of anilines is 1. The number of rotatable bonds is 4. The predicted molar refractivity (Wildman–Crippen MR) is 63.5 cm³/mol. The number of carboxylic acids is 1. The fourth-order valence-corrected chi connectivity index (χ4v) is 1.39. The smallest absolute Gasteiger partial charge is 0.339 e. The number of methoxy groups -OCH3 is 1. The molecule has 0 aliphatic heterocycles. The van der Waals surface area contributed by atoms with Crippen LogP contribution in [-0.4, -0.2) is 30.2 Å². The molecule has 0 bridgehead atoms. The fraction of sp³-hybridized carbons (Fsp3) is 0.273. The van der Waals surface area contributed by atoms with Gasteiger partial charge in [-0.05, 0) is 25.1 Å². The van der Waals surface area contributed by atoms with Crippen LogP contribution in [0.15, 0.2) is 18.2 Å². The van der Waals surface area contributed by atoms with E-state index in [0.717, 1.165) is 0 Å². The van der Waals surface area contributed by atoms with Gasteiger partial charge in [0.25, 0.3) is 0 Å². The SMILES string of the molecule is COC(=O)c1cc(NC(C)C(=O)O)ccc1Cl. The van der Waals surface area contributed by atoms with E-state index in [2.05, 4.69) is 10.1 Å². The Bertz CT molecular complexity index is 447. The summed E-state index contributed by atoms with van der Waals surface area (Å²) in [6, 6.07) is 3.79. The van der Waals surface area contributed by atoms with Crippen LogP contribution in [0, 0.1) is 0 Å². The van der Waals surface area contributed by atoms with Gasteiger partial charge < -0.3 is 15.2 Å². The third-order valence-electron chi connectivity index (χ3n) is 2.13. The summed E-state index contributed by atoms with van der Waals surface area (Å²) in [5.74, 6) is -1.55. The number of carboxylic acid groups (broad SMARTS) is 1. The van der Waals surface area contributed by atoms with Crippen LogP contribution < -0.4 is 5.32 Å². The van der Waals surface area contributed by atoms with Crippen molar-refractivity contribution in [1.29, 1.82) is 0 Å². The number of nitrogens with one attached hydrogen (secondary N) is 1. The summed E-state index contributed by atoms with van der Waals surface area (Å²) < 4.78 is 4.56.